The van der Waals surface area contributed by atoms with Crippen LogP contribution in [0.4, 0.5) is 0 Å². The summed E-state index contributed by atoms with van der Waals surface area (Å²) in [5.41, 5.74) is 1.40. The van der Waals surface area contributed by atoms with Gasteiger partial charge in [-0.25, -0.2) is 4.79 Å². The highest BCUT2D eigenvalue weighted by atomic mass is 79.9. The highest BCUT2D eigenvalue weighted by Crippen LogP contribution is 2.35. The average molecular weight is 303 g/mol. The summed E-state index contributed by atoms with van der Waals surface area (Å²) >= 11 is 3.29. The molecule has 0 bridgehead atoms. The van der Waals surface area contributed by atoms with Gasteiger partial charge in [0.15, 0.2) is 6.10 Å². The molecule has 2 N–H and O–H groups in total. The van der Waals surface area contributed by atoms with Crippen molar-refractivity contribution in [1.82, 2.24) is 0 Å². The Bertz CT molecular complexity index is 443. The first-order chi connectivity index (χ1) is 7.90. The second-order valence-corrected chi connectivity index (χ2v) is 4.57. The van der Waals surface area contributed by atoms with E-state index in [1.807, 2.05) is 0 Å². The largest absolute Gasteiger partial charge is 0.507 e. The molecule has 1 rings (SSSR count). The predicted octanol–water partition coefficient (Wildman–Crippen LogP) is 2.37. The number of benzene rings is 1. The van der Waals surface area contributed by atoms with Gasteiger partial charge in [-0.2, -0.15) is 0 Å². The first-order valence-electron chi connectivity index (χ1n) is 5.23. The van der Waals surface area contributed by atoms with E-state index < -0.39 is 12.1 Å². The van der Waals surface area contributed by atoms with Gasteiger partial charge in [-0.05, 0) is 32.4 Å². The molecule has 0 spiro atoms. The Morgan fingerprint density at radius 1 is 1.53 bits per heavy atom. The van der Waals surface area contributed by atoms with Gasteiger partial charge in [0.05, 0.1) is 6.61 Å². The Balaban J connectivity index is 3.22. The van der Waals surface area contributed by atoms with Gasteiger partial charge in [0, 0.05) is 15.6 Å². The van der Waals surface area contributed by atoms with E-state index >= 15 is 0 Å². The zero-order valence-corrected chi connectivity index (χ0v) is 11.5. The lowest BCUT2D eigenvalue weighted by molar-refractivity contribution is -0.153. The van der Waals surface area contributed by atoms with E-state index in [1.54, 1.807) is 26.8 Å². The number of esters is 1. The lowest BCUT2D eigenvalue weighted by atomic mass is 9.99. The first-order valence-corrected chi connectivity index (χ1v) is 6.02. The first kappa shape index (κ1) is 14.0. The molecule has 0 saturated carbocycles. The van der Waals surface area contributed by atoms with Crippen molar-refractivity contribution in [2.24, 2.45) is 0 Å². The van der Waals surface area contributed by atoms with Crippen LogP contribution < -0.4 is 0 Å². The lowest BCUT2D eigenvalue weighted by Crippen LogP contribution is -2.16. The highest BCUT2D eigenvalue weighted by Gasteiger charge is 2.25. The number of carbonyl (C=O) groups excluding carboxylic acids is 1. The third-order valence-electron chi connectivity index (χ3n) is 2.52. The van der Waals surface area contributed by atoms with Crippen LogP contribution in [0.1, 0.15) is 29.7 Å². The topological polar surface area (TPSA) is 66.8 Å². The number of aryl methyl sites for hydroxylation is 1. The number of ether oxygens (including phenoxy) is 1. The molecular weight excluding hydrogens is 288 g/mol. The van der Waals surface area contributed by atoms with Crippen LogP contribution in [0.5, 0.6) is 5.75 Å². The van der Waals surface area contributed by atoms with E-state index in [-0.39, 0.29) is 17.9 Å². The van der Waals surface area contributed by atoms with Crippen molar-refractivity contribution in [3.8, 4) is 5.75 Å². The van der Waals surface area contributed by atoms with E-state index in [0.717, 1.165) is 4.47 Å². The van der Waals surface area contributed by atoms with Crippen LogP contribution in [0.15, 0.2) is 10.5 Å². The van der Waals surface area contributed by atoms with Gasteiger partial charge in [0.1, 0.15) is 5.75 Å². The number of aliphatic hydroxyl groups is 1. The van der Waals surface area contributed by atoms with Crippen molar-refractivity contribution in [2.75, 3.05) is 6.61 Å². The summed E-state index contributed by atoms with van der Waals surface area (Å²) in [6.45, 7) is 5.25. The van der Waals surface area contributed by atoms with Gasteiger partial charge < -0.3 is 14.9 Å². The van der Waals surface area contributed by atoms with E-state index in [2.05, 4.69) is 15.9 Å². The van der Waals surface area contributed by atoms with E-state index in [4.69, 9.17) is 4.74 Å². The molecule has 0 aromatic heterocycles. The molecule has 0 aliphatic rings. The Morgan fingerprint density at radius 3 is 2.65 bits per heavy atom. The zero-order chi connectivity index (χ0) is 13.2. The molecular formula is C12H15BrO4. The maximum absolute atomic E-state index is 11.4. The molecule has 0 fully saturated rings. The fourth-order valence-electron chi connectivity index (χ4n) is 1.56. The molecule has 1 unspecified atom stereocenters. The fraction of sp³-hybridized carbons (Fsp3) is 0.417. The number of hydrogen-bond donors (Lipinski definition) is 2. The summed E-state index contributed by atoms with van der Waals surface area (Å²) in [6.07, 6.45) is -1.46. The zero-order valence-electron chi connectivity index (χ0n) is 9.95. The number of aromatic hydroxyl groups is 1. The smallest absolute Gasteiger partial charge is 0.339 e. The maximum Gasteiger partial charge on any atom is 0.339 e. The Hall–Kier alpha value is -1.07. The minimum atomic E-state index is -1.46. The van der Waals surface area contributed by atoms with Crippen molar-refractivity contribution < 1.29 is 19.7 Å². The van der Waals surface area contributed by atoms with E-state index in [1.165, 1.54) is 0 Å². The van der Waals surface area contributed by atoms with Crippen LogP contribution in [-0.2, 0) is 9.53 Å². The number of carbonyl (C=O) groups is 1. The second-order valence-electron chi connectivity index (χ2n) is 3.72. The fourth-order valence-corrected chi connectivity index (χ4v) is 2.09. The number of aliphatic hydroxyl groups excluding tert-OH is 1. The molecule has 5 heteroatoms. The van der Waals surface area contributed by atoms with Crippen molar-refractivity contribution in [2.45, 2.75) is 26.9 Å². The summed E-state index contributed by atoms with van der Waals surface area (Å²) in [4.78, 5) is 11.4. The molecule has 94 valence electrons. The average Bonchev–Trinajstić information content (AvgIpc) is 2.26. The highest BCUT2D eigenvalue weighted by molar-refractivity contribution is 9.10. The van der Waals surface area contributed by atoms with Gasteiger partial charge >= 0.3 is 5.97 Å². The monoisotopic (exact) mass is 302 g/mol. The van der Waals surface area contributed by atoms with Crippen LogP contribution in [0.2, 0.25) is 0 Å². The summed E-state index contributed by atoms with van der Waals surface area (Å²) in [5.74, 6) is -0.843. The van der Waals surface area contributed by atoms with Crippen LogP contribution in [0.3, 0.4) is 0 Å². The summed E-state index contributed by atoms with van der Waals surface area (Å²) in [5, 5.41) is 19.8. The molecule has 1 atom stereocenters. The standard InChI is InChI=1S/C12H15BrO4/c1-4-17-12(16)11(15)9-6(2)5-8(13)7(3)10(9)14/h5,11,14-15H,4H2,1-3H3. The molecule has 1 aromatic carbocycles. The number of phenolic OH excluding ortho intramolecular Hbond substituents is 1. The Labute approximate surface area is 108 Å². The Morgan fingerprint density at radius 2 is 2.12 bits per heavy atom. The minimum absolute atomic E-state index is 0.0857. The van der Waals surface area contributed by atoms with Crippen LogP contribution in [0, 0.1) is 13.8 Å². The normalized spacial score (nSPS) is 12.3. The van der Waals surface area contributed by atoms with Crippen LogP contribution in [-0.4, -0.2) is 22.8 Å². The second kappa shape index (κ2) is 5.51. The van der Waals surface area contributed by atoms with Gasteiger partial charge in [-0.1, -0.05) is 15.9 Å². The molecule has 0 heterocycles. The van der Waals surface area contributed by atoms with Crippen molar-refractivity contribution in [1.29, 1.82) is 0 Å². The molecule has 17 heavy (non-hydrogen) atoms. The van der Waals surface area contributed by atoms with Gasteiger partial charge in [0.2, 0.25) is 0 Å². The van der Waals surface area contributed by atoms with Crippen molar-refractivity contribution in [3.05, 3.63) is 27.2 Å². The van der Waals surface area contributed by atoms with Crippen molar-refractivity contribution in [3.63, 3.8) is 0 Å². The number of phenols is 1. The number of hydrogen-bond acceptors (Lipinski definition) is 4. The quantitative estimate of drug-likeness (QED) is 0.841. The third-order valence-corrected chi connectivity index (χ3v) is 3.34. The predicted molar refractivity (Wildman–Crippen MR) is 66.9 cm³/mol. The maximum atomic E-state index is 11.4. The summed E-state index contributed by atoms with van der Waals surface area (Å²) < 4.78 is 5.46. The van der Waals surface area contributed by atoms with E-state index in [9.17, 15) is 15.0 Å². The molecule has 1 aromatic rings. The summed E-state index contributed by atoms with van der Waals surface area (Å²) in [7, 11) is 0. The van der Waals surface area contributed by atoms with E-state index in [0.29, 0.717) is 11.1 Å². The molecule has 4 nitrogen and oxygen atoms in total. The number of rotatable bonds is 3. The van der Waals surface area contributed by atoms with Gasteiger partial charge in [0.25, 0.3) is 0 Å². The molecule has 0 radical (unpaired) electrons. The number of halogens is 1. The molecule has 0 aliphatic carbocycles. The third kappa shape index (κ3) is 2.79. The lowest BCUT2D eigenvalue weighted by Gasteiger charge is -2.16. The summed E-state index contributed by atoms with van der Waals surface area (Å²) in [6, 6.07) is 1.74. The van der Waals surface area contributed by atoms with Crippen LogP contribution in [0.25, 0.3) is 0 Å². The molecule has 0 aliphatic heterocycles. The molecule has 0 saturated heterocycles. The minimum Gasteiger partial charge on any atom is -0.507 e. The van der Waals surface area contributed by atoms with Gasteiger partial charge in [-0.15, -0.1) is 0 Å². The van der Waals surface area contributed by atoms with Crippen LogP contribution >= 0.6 is 15.9 Å². The van der Waals surface area contributed by atoms with Gasteiger partial charge in [-0.3, -0.25) is 0 Å². The van der Waals surface area contributed by atoms with Crippen molar-refractivity contribution >= 4 is 21.9 Å². The Kier molecular flexibility index (Phi) is 4.54. The molecule has 0 amide bonds. The SMILES string of the molecule is CCOC(=O)C(O)c1c(C)cc(Br)c(C)c1O.